The van der Waals surface area contributed by atoms with Crippen LogP contribution in [0.15, 0.2) is 48.5 Å². The number of esters is 2. The average Bonchev–Trinajstić information content (AvgIpc) is 2.80. The summed E-state index contributed by atoms with van der Waals surface area (Å²) in [5, 5.41) is 0. The van der Waals surface area contributed by atoms with Crippen molar-refractivity contribution in [2.45, 2.75) is 33.3 Å². The number of hydrogen-bond donors (Lipinski definition) is 0. The van der Waals surface area contributed by atoms with Crippen LogP contribution in [0.2, 0.25) is 0 Å². The molecule has 0 fully saturated rings. The third-order valence-corrected chi connectivity index (χ3v) is 4.56. The van der Waals surface area contributed by atoms with E-state index in [2.05, 4.69) is 6.92 Å². The molecule has 0 spiro atoms. The molecule has 1 amide bonds. The molecule has 166 valence electrons. The molecule has 2 rings (SSSR count). The lowest BCUT2D eigenvalue weighted by atomic mass is 10.1. The summed E-state index contributed by atoms with van der Waals surface area (Å²) in [7, 11) is 1.66. The Labute approximate surface area is 182 Å². The van der Waals surface area contributed by atoms with Crippen molar-refractivity contribution >= 4 is 23.5 Å². The molecule has 0 atom stereocenters. The van der Waals surface area contributed by atoms with Crippen LogP contribution in [0.3, 0.4) is 0 Å². The maximum absolute atomic E-state index is 12.5. The predicted molar refractivity (Wildman–Crippen MR) is 117 cm³/mol. The van der Waals surface area contributed by atoms with E-state index in [0.29, 0.717) is 17.9 Å². The number of carbonyl (C=O) groups is 3. The summed E-state index contributed by atoms with van der Waals surface area (Å²) in [6.45, 7) is 4.53. The minimum atomic E-state index is -0.571. The van der Waals surface area contributed by atoms with Crippen molar-refractivity contribution in [1.29, 1.82) is 0 Å². The van der Waals surface area contributed by atoms with E-state index in [4.69, 9.17) is 14.2 Å². The van der Waals surface area contributed by atoms with Crippen molar-refractivity contribution in [1.82, 2.24) is 0 Å². The van der Waals surface area contributed by atoms with Gasteiger partial charge in [-0.2, -0.15) is 0 Å². The van der Waals surface area contributed by atoms with Crippen molar-refractivity contribution < 1.29 is 28.6 Å². The Morgan fingerprint density at radius 3 is 2.26 bits per heavy atom. The van der Waals surface area contributed by atoms with E-state index < -0.39 is 11.9 Å². The van der Waals surface area contributed by atoms with Crippen LogP contribution >= 0.6 is 0 Å². The first-order chi connectivity index (χ1) is 15.0. The number of carbonyl (C=O) groups excluding carboxylic acids is 3. The fourth-order valence-corrected chi connectivity index (χ4v) is 2.81. The van der Waals surface area contributed by atoms with Gasteiger partial charge in [0.05, 0.1) is 17.7 Å². The number of ether oxygens (including phenoxy) is 3. The molecular formula is C24H29NO6. The van der Waals surface area contributed by atoms with Gasteiger partial charge in [0.1, 0.15) is 13.2 Å². The zero-order valence-electron chi connectivity index (χ0n) is 18.3. The molecule has 0 saturated heterocycles. The molecule has 0 aliphatic heterocycles. The van der Waals surface area contributed by atoms with Gasteiger partial charge in [0.25, 0.3) is 5.91 Å². The highest BCUT2D eigenvalue weighted by Crippen LogP contribution is 2.21. The van der Waals surface area contributed by atoms with Crippen LogP contribution < -0.4 is 4.90 Å². The van der Waals surface area contributed by atoms with Gasteiger partial charge in [-0.15, -0.1) is 0 Å². The van der Waals surface area contributed by atoms with E-state index in [1.807, 2.05) is 12.1 Å². The molecule has 0 bridgehead atoms. The lowest BCUT2D eigenvalue weighted by Gasteiger charge is -2.20. The largest absolute Gasteiger partial charge is 0.462 e. The van der Waals surface area contributed by atoms with E-state index in [9.17, 15) is 14.4 Å². The standard InChI is InChI=1S/C24H29NO6/c1-4-6-14-29-17-22(26)25(3)21-13-8-7-10-20(21)16-31-24(28)19-12-9-11-18(15-19)23(27)30-5-2/h7-13,15H,4-6,14,16-17H2,1-3H3. The summed E-state index contributed by atoms with van der Waals surface area (Å²) < 4.78 is 15.8. The molecule has 0 aliphatic carbocycles. The number of rotatable bonds is 11. The predicted octanol–water partition coefficient (Wildman–Crippen LogP) is 4.00. The molecule has 7 heteroatoms. The Morgan fingerprint density at radius 1 is 0.903 bits per heavy atom. The van der Waals surface area contributed by atoms with Crippen LogP contribution in [0, 0.1) is 0 Å². The van der Waals surface area contributed by atoms with Crippen molar-refractivity contribution in [2.24, 2.45) is 0 Å². The number of hydrogen-bond acceptors (Lipinski definition) is 6. The normalized spacial score (nSPS) is 10.4. The first kappa shape index (κ1) is 24.1. The topological polar surface area (TPSA) is 82.1 Å². The number of benzene rings is 2. The second-order valence-corrected chi connectivity index (χ2v) is 6.87. The summed E-state index contributed by atoms with van der Waals surface area (Å²) in [4.78, 5) is 38.3. The quantitative estimate of drug-likeness (QED) is 0.398. The molecule has 31 heavy (non-hydrogen) atoms. The van der Waals surface area contributed by atoms with E-state index >= 15 is 0 Å². The van der Waals surface area contributed by atoms with Gasteiger partial charge in [-0.1, -0.05) is 37.6 Å². The van der Waals surface area contributed by atoms with E-state index in [1.165, 1.54) is 11.0 Å². The number of amides is 1. The van der Waals surface area contributed by atoms with Crippen molar-refractivity contribution in [3.63, 3.8) is 0 Å². The highest BCUT2D eigenvalue weighted by Gasteiger charge is 2.17. The van der Waals surface area contributed by atoms with Crippen LogP contribution in [0.25, 0.3) is 0 Å². The number of para-hydroxylation sites is 1. The Balaban J connectivity index is 2.03. The van der Waals surface area contributed by atoms with Gasteiger partial charge < -0.3 is 19.1 Å². The minimum Gasteiger partial charge on any atom is -0.462 e. The van der Waals surface area contributed by atoms with E-state index in [1.54, 1.807) is 44.3 Å². The van der Waals surface area contributed by atoms with Crippen molar-refractivity contribution in [3.05, 3.63) is 65.2 Å². The van der Waals surface area contributed by atoms with E-state index in [0.717, 1.165) is 12.8 Å². The van der Waals surface area contributed by atoms with Gasteiger partial charge in [0.2, 0.25) is 0 Å². The maximum Gasteiger partial charge on any atom is 0.338 e. The van der Waals surface area contributed by atoms with Crippen LogP contribution in [0.1, 0.15) is 53.0 Å². The van der Waals surface area contributed by atoms with Gasteiger partial charge >= 0.3 is 11.9 Å². The second-order valence-electron chi connectivity index (χ2n) is 6.87. The average molecular weight is 427 g/mol. The Hall–Kier alpha value is -3.19. The number of anilines is 1. The fourth-order valence-electron chi connectivity index (χ4n) is 2.81. The summed E-state index contributed by atoms with van der Waals surface area (Å²) >= 11 is 0. The third kappa shape index (κ3) is 7.22. The van der Waals surface area contributed by atoms with Gasteiger partial charge in [-0.05, 0) is 37.6 Å². The SMILES string of the molecule is CCCCOCC(=O)N(C)c1ccccc1COC(=O)c1cccc(C(=O)OCC)c1. The molecule has 0 aliphatic rings. The van der Waals surface area contributed by atoms with Gasteiger partial charge in [-0.25, -0.2) is 9.59 Å². The van der Waals surface area contributed by atoms with Gasteiger partial charge in [-0.3, -0.25) is 4.79 Å². The summed E-state index contributed by atoms with van der Waals surface area (Å²) in [5.41, 5.74) is 1.85. The summed E-state index contributed by atoms with van der Waals surface area (Å²) in [5.74, 6) is -1.25. The lowest BCUT2D eigenvalue weighted by molar-refractivity contribution is -0.122. The molecule has 0 unspecified atom stereocenters. The van der Waals surface area contributed by atoms with Crippen LogP contribution in [-0.4, -0.2) is 44.7 Å². The van der Waals surface area contributed by atoms with Crippen LogP contribution in [0.4, 0.5) is 5.69 Å². The zero-order valence-corrected chi connectivity index (χ0v) is 18.3. The Bertz CT molecular complexity index is 895. The van der Waals surface area contributed by atoms with Crippen LogP contribution in [0.5, 0.6) is 0 Å². The molecule has 2 aromatic carbocycles. The fraction of sp³-hybridized carbons (Fsp3) is 0.375. The maximum atomic E-state index is 12.5. The Morgan fingerprint density at radius 2 is 1.58 bits per heavy atom. The Kier molecular flexibility index (Phi) is 9.71. The molecule has 0 radical (unpaired) electrons. The molecule has 0 N–H and O–H groups in total. The number of likely N-dealkylation sites (N-methyl/N-ethyl adjacent to an activating group) is 1. The molecule has 2 aromatic rings. The highest BCUT2D eigenvalue weighted by molar-refractivity contribution is 5.96. The second kappa shape index (κ2) is 12.5. The van der Waals surface area contributed by atoms with Gasteiger partial charge in [0, 0.05) is 24.9 Å². The van der Waals surface area contributed by atoms with E-state index in [-0.39, 0.29) is 36.9 Å². The minimum absolute atomic E-state index is 0.00866. The molecular weight excluding hydrogens is 398 g/mol. The van der Waals surface area contributed by atoms with Crippen molar-refractivity contribution in [3.8, 4) is 0 Å². The summed E-state index contributed by atoms with van der Waals surface area (Å²) in [6.07, 6.45) is 1.90. The molecule has 0 saturated carbocycles. The first-order valence-corrected chi connectivity index (χ1v) is 10.3. The van der Waals surface area contributed by atoms with Gasteiger partial charge in [0.15, 0.2) is 0 Å². The third-order valence-electron chi connectivity index (χ3n) is 4.56. The smallest absolute Gasteiger partial charge is 0.338 e. The monoisotopic (exact) mass is 427 g/mol. The number of unbranched alkanes of at least 4 members (excludes halogenated alkanes) is 1. The molecule has 0 heterocycles. The van der Waals surface area contributed by atoms with Crippen LogP contribution in [-0.2, 0) is 25.6 Å². The summed E-state index contributed by atoms with van der Waals surface area (Å²) in [6, 6.07) is 13.4. The first-order valence-electron chi connectivity index (χ1n) is 10.3. The zero-order chi connectivity index (χ0) is 22.6. The molecule has 0 aromatic heterocycles. The lowest BCUT2D eigenvalue weighted by Crippen LogP contribution is -2.31. The van der Waals surface area contributed by atoms with Crippen molar-refractivity contribution in [2.75, 3.05) is 31.8 Å². The number of nitrogens with zero attached hydrogens (tertiary/aromatic N) is 1. The molecule has 7 nitrogen and oxygen atoms in total. The highest BCUT2D eigenvalue weighted by atomic mass is 16.5.